The minimum absolute atomic E-state index is 0.311. The Kier molecular flexibility index (Phi) is 5.09. The van der Waals surface area contributed by atoms with E-state index in [1.54, 1.807) is 18.0 Å². The highest BCUT2D eigenvalue weighted by Crippen LogP contribution is 2.53. The zero-order valence-corrected chi connectivity index (χ0v) is 18.7. The van der Waals surface area contributed by atoms with Gasteiger partial charge in [0.05, 0.1) is 12.0 Å². The predicted molar refractivity (Wildman–Crippen MR) is 121 cm³/mol. The van der Waals surface area contributed by atoms with E-state index < -0.39 is 0 Å². The first-order chi connectivity index (χ1) is 15.8. The Morgan fingerprint density at radius 2 is 1.94 bits per heavy atom. The molecule has 7 nitrogen and oxygen atoms in total. The van der Waals surface area contributed by atoms with Gasteiger partial charge in [-0.05, 0) is 68.2 Å². The van der Waals surface area contributed by atoms with Crippen molar-refractivity contribution < 1.29 is 8.83 Å². The lowest BCUT2D eigenvalue weighted by Gasteiger charge is -2.30. The molecule has 0 amide bonds. The summed E-state index contributed by atoms with van der Waals surface area (Å²) >= 11 is 1.59. The SMILES string of the molecule is CC(C1CC2CCC1C2)n1c(SCc2nnc(-c3ccccc3)o2)nnc1-c1ccco1. The first-order valence-corrected chi connectivity index (χ1v) is 12.2. The second-order valence-corrected chi connectivity index (χ2v) is 9.83. The normalized spacial score (nSPS) is 23.1. The monoisotopic (exact) mass is 447 g/mol. The van der Waals surface area contributed by atoms with Gasteiger partial charge in [0.25, 0.3) is 0 Å². The smallest absolute Gasteiger partial charge is 0.247 e. The molecule has 6 rings (SSSR count). The van der Waals surface area contributed by atoms with Crippen LogP contribution in [0.1, 0.15) is 44.5 Å². The van der Waals surface area contributed by atoms with Gasteiger partial charge in [-0.2, -0.15) is 0 Å². The van der Waals surface area contributed by atoms with Crippen LogP contribution in [-0.4, -0.2) is 25.0 Å². The predicted octanol–water partition coefficient (Wildman–Crippen LogP) is 5.88. The molecule has 2 aliphatic carbocycles. The summed E-state index contributed by atoms with van der Waals surface area (Å²) in [6.45, 7) is 2.31. The van der Waals surface area contributed by atoms with Crippen molar-refractivity contribution in [3.8, 4) is 23.0 Å². The van der Waals surface area contributed by atoms with Crippen LogP contribution in [0, 0.1) is 17.8 Å². The van der Waals surface area contributed by atoms with Gasteiger partial charge in [-0.15, -0.1) is 20.4 Å². The molecule has 164 valence electrons. The maximum atomic E-state index is 5.89. The summed E-state index contributed by atoms with van der Waals surface area (Å²) in [5.41, 5.74) is 0.921. The first kappa shape index (κ1) is 19.8. The van der Waals surface area contributed by atoms with Gasteiger partial charge < -0.3 is 8.83 Å². The third-order valence-corrected chi connectivity index (χ3v) is 7.97. The molecule has 2 saturated carbocycles. The second-order valence-electron chi connectivity index (χ2n) is 8.89. The highest BCUT2D eigenvalue weighted by Gasteiger charge is 2.43. The van der Waals surface area contributed by atoms with E-state index in [0.717, 1.165) is 34.1 Å². The molecule has 0 saturated heterocycles. The van der Waals surface area contributed by atoms with Crippen molar-refractivity contribution in [1.29, 1.82) is 0 Å². The minimum atomic E-state index is 0.311. The Bertz CT molecular complexity index is 1190. The number of hydrogen-bond acceptors (Lipinski definition) is 7. The number of benzene rings is 1. The van der Waals surface area contributed by atoms with Crippen LogP contribution in [-0.2, 0) is 5.75 Å². The standard InChI is InChI=1S/C24H25N5O2S/c1-15(19-13-16-9-10-18(19)12-16)29-22(20-8-5-11-30-20)26-28-24(29)32-14-21-25-27-23(31-21)17-6-3-2-4-7-17/h2-8,11,15-16,18-19H,9-10,12-14H2,1H3. The molecule has 3 aromatic heterocycles. The molecule has 0 spiro atoms. The number of fused-ring (bicyclic) bond motifs is 2. The third-order valence-electron chi connectivity index (χ3n) is 7.04. The molecule has 4 aromatic rings. The van der Waals surface area contributed by atoms with E-state index >= 15 is 0 Å². The van der Waals surface area contributed by atoms with E-state index in [1.807, 2.05) is 42.5 Å². The van der Waals surface area contributed by atoms with Crippen LogP contribution in [0.5, 0.6) is 0 Å². The number of rotatable bonds is 7. The van der Waals surface area contributed by atoms with Crippen molar-refractivity contribution >= 4 is 11.8 Å². The molecule has 4 atom stereocenters. The molecule has 0 radical (unpaired) electrons. The van der Waals surface area contributed by atoms with E-state index in [4.69, 9.17) is 8.83 Å². The van der Waals surface area contributed by atoms with Gasteiger partial charge in [0.2, 0.25) is 17.6 Å². The third kappa shape index (κ3) is 3.56. The van der Waals surface area contributed by atoms with Gasteiger partial charge in [-0.25, -0.2) is 0 Å². The lowest BCUT2D eigenvalue weighted by atomic mass is 9.84. The molecule has 2 bridgehead atoms. The fourth-order valence-electron chi connectivity index (χ4n) is 5.53. The topological polar surface area (TPSA) is 82.8 Å². The lowest BCUT2D eigenvalue weighted by Crippen LogP contribution is -2.23. The molecular weight excluding hydrogens is 422 g/mol. The number of furan rings is 1. The van der Waals surface area contributed by atoms with Crippen molar-refractivity contribution in [2.45, 2.75) is 49.6 Å². The second kappa shape index (κ2) is 8.24. The lowest BCUT2D eigenvalue weighted by molar-refractivity contribution is 0.235. The maximum absolute atomic E-state index is 5.89. The number of hydrogen-bond donors (Lipinski definition) is 0. The van der Waals surface area contributed by atoms with Crippen LogP contribution in [0.15, 0.2) is 62.7 Å². The first-order valence-electron chi connectivity index (χ1n) is 11.3. The number of aromatic nitrogens is 5. The molecule has 8 heteroatoms. The Balaban J connectivity index is 1.26. The van der Waals surface area contributed by atoms with Gasteiger partial charge in [0.15, 0.2) is 10.9 Å². The minimum Gasteiger partial charge on any atom is -0.461 e. The Labute approximate surface area is 190 Å². The summed E-state index contributed by atoms with van der Waals surface area (Å²) in [6.07, 6.45) is 7.11. The molecule has 4 unspecified atom stereocenters. The van der Waals surface area contributed by atoms with Crippen LogP contribution in [0.4, 0.5) is 0 Å². The molecule has 2 aliphatic rings. The van der Waals surface area contributed by atoms with Crippen molar-refractivity contribution in [1.82, 2.24) is 25.0 Å². The molecular formula is C24H25N5O2S. The number of thioether (sulfide) groups is 1. The highest BCUT2D eigenvalue weighted by atomic mass is 32.2. The zero-order chi connectivity index (χ0) is 21.5. The molecule has 32 heavy (non-hydrogen) atoms. The molecule has 3 heterocycles. The molecule has 1 aromatic carbocycles. The van der Waals surface area contributed by atoms with Crippen LogP contribution < -0.4 is 0 Å². The van der Waals surface area contributed by atoms with E-state index in [1.165, 1.54) is 25.7 Å². The van der Waals surface area contributed by atoms with Crippen LogP contribution in [0.25, 0.3) is 23.0 Å². The average molecular weight is 448 g/mol. The highest BCUT2D eigenvalue weighted by molar-refractivity contribution is 7.98. The maximum Gasteiger partial charge on any atom is 0.247 e. The summed E-state index contributed by atoms with van der Waals surface area (Å²) in [7, 11) is 0. The van der Waals surface area contributed by atoms with Gasteiger partial charge in [0.1, 0.15) is 0 Å². The van der Waals surface area contributed by atoms with Crippen molar-refractivity contribution in [2.24, 2.45) is 17.8 Å². The summed E-state index contributed by atoms with van der Waals surface area (Å²) in [5, 5.41) is 18.3. The molecule has 2 fully saturated rings. The summed E-state index contributed by atoms with van der Waals surface area (Å²) in [5.74, 6) is 5.56. The summed E-state index contributed by atoms with van der Waals surface area (Å²) in [4.78, 5) is 0. The summed E-state index contributed by atoms with van der Waals surface area (Å²) in [6, 6.07) is 14.0. The zero-order valence-electron chi connectivity index (χ0n) is 17.9. The van der Waals surface area contributed by atoms with Crippen molar-refractivity contribution in [3.63, 3.8) is 0 Å². The molecule has 0 N–H and O–H groups in total. The van der Waals surface area contributed by atoms with E-state index in [9.17, 15) is 0 Å². The number of nitrogens with zero attached hydrogens (tertiary/aromatic N) is 5. The van der Waals surface area contributed by atoms with Crippen LogP contribution in [0.3, 0.4) is 0 Å². The van der Waals surface area contributed by atoms with E-state index in [2.05, 4.69) is 31.9 Å². The Morgan fingerprint density at radius 1 is 1.03 bits per heavy atom. The fraction of sp³-hybridized carbons (Fsp3) is 0.417. The van der Waals surface area contributed by atoms with Gasteiger partial charge in [-0.1, -0.05) is 36.4 Å². The van der Waals surface area contributed by atoms with Crippen molar-refractivity contribution in [3.05, 3.63) is 54.6 Å². The quantitative estimate of drug-likeness (QED) is 0.327. The van der Waals surface area contributed by atoms with E-state index in [-0.39, 0.29) is 0 Å². The van der Waals surface area contributed by atoms with Gasteiger partial charge in [0, 0.05) is 11.6 Å². The van der Waals surface area contributed by atoms with Crippen molar-refractivity contribution in [2.75, 3.05) is 0 Å². The van der Waals surface area contributed by atoms with Gasteiger partial charge >= 0.3 is 0 Å². The fourth-order valence-corrected chi connectivity index (χ4v) is 6.39. The van der Waals surface area contributed by atoms with Gasteiger partial charge in [-0.3, -0.25) is 4.57 Å². The van der Waals surface area contributed by atoms with E-state index in [0.29, 0.717) is 29.5 Å². The molecule has 0 aliphatic heterocycles. The largest absolute Gasteiger partial charge is 0.461 e. The van der Waals surface area contributed by atoms with Crippen LogP contribution in [0.2, 0.25) is 0 Å². The Hall–Kier alpha value is -2.87. The average Bonchev–Trinajstić information content (AvgIpc) is 3.66. The Morgan fingerprint density at radius 3 is 2.69 bits per heavy atom. The summed E-state index contributed by atoms with van der Waals surface area (Å²) < 4.78 is 13.8. The van der Waals surface area contributed by atoms with Crippen LogP contribution >= 0.6 is 11.8 Å².